The molecule has 0 aliphatic heterocycles. The molecule has 29 nitrogen and oxygen atoms in total. The first-order valence-corrected chi connectivity index (χ1v) is 43.0. The summed E-state index contributed by atoms with van der Waals surface area (Å²) >= 11 is 0. The number of aromatic nitrogens is 24. The molecule has 16 aromatic rings. The highest BCUT2D eigenvalue weighted by Crippen LogP contribution is 2.20. The van der Waals surface area contributed by atoms with Gasteiger partial charge in [-0.25, -0.2) is 24.3 Å². The number of rotatable bonds is 45. The average molecular weight is 1730 g/mol. The third kappa shape index (κ3) is 33.4. The Hall–Kier alpha value is -13.6. The number of nitrogens with zero attached hydrogens (tertiary/aromatic N) is 24. The van der Waals surface area contributed by atoms with Crippen LogP contribution >= 0.6 is 0 Å². The molecule has 4 N–H and O–H groups in total. The first-order valence-electron chi connectivity index (χ1n) is 43.0. The third-order valence-electron chi connectivity index (χ3n) is 21.5. The molecule has 0 aliphatic rings. The molecule has 0 bridgehead atoms. The van der Waals surface area contributed by atoms with Gasteiger partial charge in [-0.3, -0.25) is 40.0 Å². The minimum absolute atomic E-state index is 0. The van der Waals surface area contributed by atoms with Gasteiger partial charge in [0, 0.05) is 13.1 Å². The second-order valence-electron chi connectivity index (χ2n) is 31.3. The highest BCUT2D eigenvalue weighted by Gasteiger charge is 2.20. The van der Waals surface area contributed by atoms with Gasteiger partial charge in [0.05, 0.1) is 79.1 Å². The summed E-state index contributed by atoms with van der Waals surface area (Å²) in [7, 11) is 1.69. The van der Waals surface area contributed by atoms with Crippen molar-refractivity contribution in [2.24, 2.45) is 0 Å². The number of methoxy groups -OCH3 is 1. The van der Waals surface area contributed by atoms with Gasteiger partial charge in [-0.05, 0) is 179 Å². The number of nitrogens with one attached hydrogen (secondary N) is 4. The van der Waals surface area contributed by atoms with Crippen molar-refractivity contribution in [1.29, 1.82) is 0 Å². The summed E-state index contributed by atoms with van der Waals surface area (Å²) in [5, 5.41) is 61.9. The number of hydrogen-bond donors (Lipinski definition) is 4. The largest absolute Gasteiger partial charge is 0.497 e. The Balaban J connectivity index is 0.000000176. The first kappa shape index (κ1) is 96.7. The molecule has 0 amide bonds. The van der Waals surface area contributed by atoms with Crippen molar-refractivity contribution >= 4 is 0 Å². The second-order valence-corrected chi connectivity index (χ2v) is 31.3. The van der Waals surface area contributed by atoms with Crippen molar-refractivity contribution in [3.63, 3.8) is 0 Å². The van der Waals surface area contributed by atoms with Crippen LogP contribution in [0, 0.1) is 19.7 Å². The average Bonchev–Trinajstić information content (AvgIpc) is 1.93. The Bertz CT molecular complexity index is 5330. The van der Waals surface area contributed by atoms with Crippen LogP contribution in [-0.4, -0.2) is 173 Å². The summed E-state index contributed by atoms with van der Waals surface area (Å²) < 4.78 is 26.8. The van der Waals surface area contributed by atoms with Crippen molar-refractivity contribution in [2.75, 3.05) is 33.3 Å². The number of H-pyrrole nitrogens is 4. The van der Waals surface area contributed by atoms with E-state index in [1.807, 2.05) is 47.8 Å². The van der Waals surface area contributed by atoms with Crippen LogP contribution in [0.15, 0.2) is 269 Å². The zero-order chi connectivity index (χ0) is 85.9. The lowest BCUT2D eigenvalue weighted by Gasteiger charge is -2.21. The van der Waals surface area contributed by atoms with E-state index in [-0.39, 0.29) is 28.1 Å². The SMILES string of the molecule is C.C.C.COc1ccc(CCCn2cnnc2CN(CCc2ccc(C)cc2)Cc2ncn[nH]2)cc1.Cc1ccc(Cn2cnnc2CN(CCCCc2ccccc2)Cc2ncn[nH]2)cc1.Fc1ccc(Cn2cnnc2CN(CCCCc2ccccc2)Cc2ncn[nH]2)cc1.c1ccc(CCCCN(Cc2ncn[nH]2)Cc2nncn2Cc2ccccc2)cc1. The fourth-order valence-corrected chi connectivity index (χ4v) is 14.6. The van der Waals surface area contributed by atoms with Crippen LogP contribution in [0.3, 0.4) is 0 Å². The van der Waals surface area contributed by atoms with E-state index in [2.05, 4.69) is 319 Å². The van der Waals surface area contributed by atoms with E-state index in [4.69, 9.17) is 4.74 Å². The summed E-state index contributed by atoms with van der Waals surface area (Å²) in [5.74, 6) is 7.82. The predicted molar refractivity (Wildman–Crippen MR) is 498 cm³/mol. The van der Waals surface area contributed by atoms with Crippen LogP contribution in [0.4, 0.5) is 4.39 Å². The number of unbranched alkanes of at least 4 members (excludes halogenated alkanes) is 3. The molecule has 0 aliphatic carbocycles. The number of benzene rings is 8. The van der Waals surface area contributed by atoms with Crippen molar-refractivity contribution in [3.05, 3.63) is 377 Å². The van der Waals surface area contributed by atoms with Crippen molar-refractivity contribution in [3.8, 4) is 5.75 Å². The van der Waals surface area contributed by atoms with Crippen molar-refractivity contribution < 1.29 is 9.13 Å². The number of hydrogen-bond acceptors (Lipinski definition) is 21. The molecule has 0 saturated heterocycles. The smallest absolute Gasteiger partial charge is 0.147 e. The zero-order valence-corrected chi connectivity index (χ0v) is 71.7. The number of aryl methyl sites for hydroxylation is 7. The van der Waals surface area contributed by atoms with Gasteiger partial charge in [0.1, 0.15) is 109 Å². The molecule has 0 spiro atoms. The van der Waals surface area contributed by atoms with E-state index in [0.29, 0.717) is 45.8 Å². The number of ether oxygens (including phenoxy) is 1. The fourth-order valence-electron chi connectivity index (χ4n) is 14.6. The molecule has 670 valence electrons. The van der Waals surface area contributed by atoms with Crippen LogP contribution in [0.25, 0.3) is 0 Å². The van der Waals surface area contributed by atoms with Gasteiger partial charge in [0.15, 0.2) is 0 Å². The lowest BCUT2D eigenvalue weighted by Crippen LogP contribution is -2.27. The molecule has 128 heavy (non-hydrogen) atoms. The van der Waals surface area contributed by atoms with Crippen LogP contribution in [0.1, 0.15) is 169 Å². The maximum absolute atomic E-state index is 13.2. The highest BCUT2D eigenvalue weighted by atomic mass is 19.1. The minimum Gasteiger partial charge on any atom is -0.497 e. The Morgan fingerprint density at radius 3 is 0.922 bits per heavy atom. The standard InChI is InChI=1S/C25H31N7O.C24H29N7.C23H26FN7.C23H27N7.3CH4/c1-20-5-7-22(8-6-20)13-15-31(16-24-26-18-27-29-24)17-25-30-28-19-32(25)14-3-4-21-9-11-23(33-2)12-10-21;1-20-10-12-22(13-11-20)15-31-19-27-29-24(31)17-30(16-23-25-18-26-28-23)14-6-5-9-21-7-3-2-4-8-21;24-21-11-9-20(10-12-21)14-31-18-27-29-23(31)16-30(15-22-25-17-26-28-22)13-5-4-8-19-6-2-1-3-7-19;1-3-9-20(10-4-1)11-7-8-14-29(16-22-24-18-25-27-22)17-23-28-26-19-30(23)15-21-12-5-2-6-13-21;;;/h5-12,18-19H,3-4,13-17H2,1-2H3,(H,26,27,29);2-4,7-8,10-13,18-19H,5-6,9,14-17H2,1H3,(H,25,26,28);1-3,6-7,9-12,17-18H,4-5,8,13-16H2,(H,25,26,28);1-6,9-10,12-13,18-19H,7-8,11,14-17H2,(H,24,25,27);3*1H4. The summed E-state index contributed by atoms with van der Waals surface area (Å²) in [6.07, 6.45) is 26.3. The normalized spacial score (nSPS) is 11.0. The summed E-state index contributed by atoms with van der Waals surface area (Å²) in [6, 6.07) is 74.4. The minimum atomic E-state index is -0.235. The number of halogens is 1. The first-order chi connectivity index (χ1) is 61.6. The molecule has 0 atom stereocenters. The number of aromatic amines is 4. The monoisotopic (exact) mass is 1730 g/mol. The van der Waals surface area contributed by atoms with Crippen LogP contribution in [-0.2, 0) is 111 Å². The van der Waals surface area contributed by atoms with Gasteiger partial charge >= 0.3 is 0 Å². The van der Waals surface area contributed by atoms with Gasteiger partial charge in [-0.1, -0.05) is 228 Å². The zero-order valence-electron chi connectivity index (χ0n) is 71.7. The van der Waals surface area contributed by atoms with E-state index < -0.39 is 0 Å². The predicted octanol–water partition coefficient (Wildman–Crippen LogP) is 16.4. The topological polar surface area (TPSA) is 311 Å². The van der Waals surface area contributed by atoms with Crippen LogP contribution in [0.2, 0.25) is 0 Å². The summed E-state index contributed by atoms with van der Waals surface area (Å²) in [5.41, 5.74) is 12.8. The lowest BCUT2D eigenvalue weighted by atomic mass is 10.1. The van der Waals surface area contributed by atoms with Gasteiger partial charge in [0.25, 0.3) is 0 Å². The van der Waals surface area contributed by atoms with Gasteiger partial charge < -0.3 is 23.0 Å². The highest BCUT2D eigenvalue weighted by molar-refractivity contribution is 5.28. The summed E-state index contributed by atoms with van der Waals surface area (Å²) in [6.45, 7) is 16.5. The molecule has 0 unspecified atom stereocenters. The van der Waals surface area contributed by atoms with Crippen molar-refractivity contribution in [1.82, 2.24) is 139 Å². The van der Waals surface area contributed by atoms with E-state index in [9.17, 15) is 4.39 Å². The quantitative estimate of drug-likeness (QED) is 0.0258. The van der Waals surface area contributed by atoms with E-state index >= 15 is 0 Å². The van der Waals surface area contributed by atoms with Crippen LogP contribution < -0.4 is 4.74 Å². The third-order valence-corrected chi connectivity index (χ3v) is 21.5. The van der Waals surface area contributed by atoms with E-state index in [0.717, 1.165) is 194 Å². The molecule has 16 rings (SSSR count). The molecule has 0 fully saturated rings. The maximum atomic E-state index is 13.2. The van der Waals surface area contributed by atoms with E-state index in [1.165, 1.54) is 68.5 Å². The van der Waals surface area contributed by atoms with Crippen LogP contribution in [0.5, 0.6) is 5.75 Å². The Kier molecular flexibility index (Phi) is 40.5. The van der Waals surface area contributed by atoms with Crippen molar-refractivity contribution in [2.45, 2.75) is 192 Å². The molecule has 8 aromatic heterocycles. The van der Waals surface area contributed by atoms with Gasteiger partial charge in [-0.15, -0.1) is 40.8 Å². The molecule has 8 heterocycles. The molecular weight excluding hydrogens is 1600 g/mol. The summed E-state index contributed by atoms with van der Waals surface area (Å²) in [4.78, 5) is 26.6. The lowest BCUT2D eigenvalue weighted by molar-refractivity contribution is 0.236. The van der Waals surface area contributed by atoms with Gasteiger partial charge in [-0.2, -0.15) is 20.4 Å². The fraction of sp³-hybridized carbons (Fsp3) is 0.347. The molecule has 30 heteroatoms. The second kappa shape index (κ2) is 53.7. The Labute approximate surface area is 752 Å². The van der Waals surface area contributed by atoms with Gasteiger partial charge in [0.2, 0.25) is 0 Å². The molecular formula is C98H125FN28O. The molecule has 0 saturated carbocycles. The maximum Gasteiger partial charge on any atom is 0.147 e. The Morgan fingerprint density at radius 1 is 0.297 bits per heavy atom. The molecule has 8 aromatic carbocycles. The molecule has 0 radical (unpaired) electrons. The van der Waals surface area contributed by atoms with E-state index in [1.54, 1.807) is 44.6 Å². The Morgan fingerprint density at radius 2 is 0.578 bits per heavy atom.